The van der Waals surface area contributed by atoms with Crippen LogP contribution in [0.15, 0.2) is 42.5 Å². The van der Waals surface area contributed by atoms with E-state index in [1.165, 1.54) is 18.2 Å². The van der Waals surface area contributed by atoms with Crippen LogP contribution in [0.25, 0.3) is 11.1 Å². The van der Waals surface area contributed by atoms with Crippen molar-refractivity contribution in [3.8, 4) is 11.1 Å². The van der Waals surface area contributed by atoms with Gasteiger partial charge in [0, 0.05) is 5.02 Å². The van der Waals surface area contributed by atoms with E-state index in [9.17, 15) is 13.2 Å². The fourth-order valence-corrected chi connectivity index (χ4v) is 2.02. The van der Waals surface area contributed by atoms with E-state index in [0.717, 1.165) is 6.07 Å². The summed E-state index contributed by atoms with van der Waals surface area (Å²) in [5, 5.41) is 9.32. The maximum Gasteiger partial charge on any atom is 0.417 e. The quantitative estimate of drug-likeness (QED) is 0.861. The van der Waals surface area contributed by atoms with Crippen molar-refractivity contribution in [2.75, 3.05) is 0 Å². The zero-order valence-corrected chi connectivity index (χ0v) is 10.5. The molecule has 1 nitrogen and oxygen atoms in total. The van der Waals surface area contributed by atoms with Crippen molar-refractivity contribution in [1.82, 2.24) is 0 Å². The van der Waals surface area contributed by atoms with Crippen LogP contribution < -0.4 is 0 Å². The van der Waals surface area contributed by atoms with Crippen LogP contribution >= 0.6 is 11.6 Å². The van der Waals surface area contributed by atoms with Gasteiger partial charge in [-0.2, -0.15) is 13.2 Å². The van der Waals surface area contributed by atoms with Gasteiger partial charge in [-0.3, -0.25) is 0 Å². The van der Waals surface area contributed by atoms with Crippen LogP contribution in [0.2, 0.25) is 5.02 Å². The van der Waals surface area contributed by atoms with Crippen LogP contribution in [0, 0.1) is 0 Å². The molecule has 2 aromatic carbocycles. The summed E-state index contributed by atoms with van der Waals surface area (Å²) >= 11 is 5.80. The minimum atomic E-state index is -4.48. The third-order valence-electron chi connectivity index (χ3n) is 2.71. The molecule has 5 heteroatoms. The lowest BCUT2D eigenvalue weighted by Crippen LogP contribution is -2.08. The summed E-state index contributed by atoms with van der Waals surface area (Å²) in [6.45, 7) is -0.432. The molecule has 0 bridgehead atoms. The molecule has 0 spiro atoms. The van der Waals surface area contributed by atoms with Crippen LogP contribution in [0.1, 0.15) is 11.1 Å². The van der Waals surface area contributed by atoms with Crippen molar-refractivity contribution in [3.05, 3.63) is 58.6 Å². The van der Waals surface area contributed by atoms with Gasteiger partial charge in [-0.15, -0.1) is 0 Å². The number of hydrogen-bond acceptors (Lipinski definition) is 1. The van der Waals surface area contributed by atoms with Crippen LogP contribution in [0.5, 0.6) is 0 Å². The standard InChI is InChI=1S/C14H10ClF3O/c15-11-3-1-2-10(7-11)12-5-4-9(8-19)6-13(12)14(16,17)18/h1-7,19H,8H2. The maximum absolute atomic E-state index is 13.0. The van der Waals surface area contributed by atoms with Gasteiger partial charge in [0.1, 0.15) is 0 Å². The Morgan fingerprint density at radius 3 is 2.37 bits per heavy atom. The average molecular weight is 287 g/mol. The molecule has 2 aromatic rings. The SMILES string of the molecule is OCc1ccc(-c2cccc(Cl)c2)c(C(F)(F)F)c1. The monoisotopic (exact) mass is 286 g/mol. The molecule has 0 aliphatic rings. The molecule has 0 radical (unpaired) electrons. The lowest BCUT2D eigenvalue weighted by molar-refractivity contribution is -0.137. The summed E-state index contributed by atoms with van der Waals surface area (Å²) in [5.74, 6) is 0. The Morgan fingerprint density at radius 1 is 1.05 bits per heavy atom. The normalized spacial score (nSPS) is 11.6. The van der Waals surface area contributed by atoms with Gasteiger partial charge in [-0.25, -0.2) is 0 Å². The summed E-state index contributed by atoms with van der Waals surface area (Å²) in [6, 6.07) is 10.00. The second-order valence-corrected chi connectivity index (χ2v) is 4.48. The molecule has 0 aliphatic heterocycles. The van der Waals surface area contributed by atoms with Crippen LogP contribution in [0.4, 0.5) is 13.2 Å². The Labute approximate surface area is 113 Å². The predicted molar refractivity (Wildman–Crippen MR) is 67.8 cm³/mol. The minimum Gasteiger partial charge on any atom is -0.392 e. The van der Waals surface area contributed by atoms with Gasteiger partial charge in [-0.05, 0) is 34.9 Å². The first-order valence-electron chi connectivity index (χ1n) is 5.49. The number of alkyl halides is 3. The van der Waals surface area contributed by atoms with Gasteiger partial charge < -0.3 is 5.11 Å². The van der Waals surface area contributed by atoms with E-state index in [-0.39, 0.29) is 11.1 Å². The first-order valence-corrected chi connectivity index (χ1v) is 5.86. The lowest BCUT2D eigenvalue weighted by Gasteiger charge is -2.14. The first-order chi connectivity index (χ1) is 8.91. The van der Waals surface area contributed by atoms with E-state index in [1.807, 2.05) is 0 Å². The molecule has 0 unspecified atom stereocenters. The summed E-state index contributed by atoms with van der Waals surface area (Å²) in [6.07, 6.45) is -4.48. The average Bonchev–Trinajstić information content (AvgIpc) is 2.37. The molecule has 19 heavy (non-hydrogen) atoms. The Balaban J connectivity index is 2.63. The third kappa shape index (κ3) is 3.08. The topological polar surface area (TPSA) is 20.2 Å². The Hall–Kier alpha value is -1.52. The number of benzene rings is 2. The van der Waals surface area contributed by atoms with E-state index >= 15 is 0 Å². The number of hydrogen-bond donors (Lipinski definition) is 1. The summed E-state index contributed by atoms with van der Waals surface area (Å²) in [4.78, 5) is 0. The molecule has 0 atom stereocenters. The fraction of sp³-hybridized carbons (Fsp3) is 0.143. The minimum absolute atomic E-state index is 0.0483. The van der Waals surface area contributed by atoms with Gasteiger partial charge in [0.15, 0.2) is 0 Å². The summed E-state index contributed by atoms with van der Waals surface area (Å²) in [5.41, 5.74) is -0.115. The molecule has 0 saturated heterocycles. The highest BCUT2D eigenvalue weighted by Gasteiger charge is 2.33. The van der Waals surface area contributed by atoms with Crippen molar-refractivity contribution in [2.24, 2.45) is 0 Å². The van der Waals surface area contributed by atoms with Gasteiger partial charge >= 0.3 is 6.18 Å². The Kier molecular flexibility index (Phi) is 3.83. The molecule has 0 fully saturated rings. The molecule has 0 aliphatic carbocycles. The van der Waals surface area contributed by atoms with E-state index in [1.54, 1.807) is 18.2 Å². The zero-order chi connectivity index (χ0) is 14.0. The van der Waals surface area contributed by atoms with Gasteiger partial charge in [0.25, 0.3) is 0 Å². The van der Waals surface area contributed by atoms with Gasteiger partial charge in [-0.1, -0.05) is 35.9 Å². The van der Waals surface area contributed by atoms with Crippen molar-refractivity contribution < 1.29 is 18.3 Å². The second-order valence-electron chi connectivity index (χ2n) is 4.05. The predicted octanol–water partition coefficient (Wildman–Crippen LogP) is 4.52. The lowest BCUT2D eigenvalue weighted by atomic mass is 9.97. The Morgan fingerprint density at radius 2 is 1.79 bits per heavy atom. The number of halogens is 4. The van der Waals surface area contributed by atoms with Crippen molar-refractivity contribution in [3.63, 3.8) is 0 Å². The third-order valence-corrected chi connectivity index (χ3v) is 2.94. The zero-order valence-electron chi connectivity index (χ0n) is 9.71. The highest BCUT2D eigenvalue weighted by Crippen LogP contribution is 2.38. The van der Waals surface area contributed by atoms with Crippen LogP contribution in [-0.4, -0.2) is 5.11 Å². The smallest absolute Gasteiger partial charge is 0.392 e. The first kappa shape index (κ1) is 13.9. The molecular formula is C14H10ClF3O. The molecule has 2 rings (SSSR count). The molecule has 100 valence electrons. The van der Waals surface area contributed by atoms with Crippen molar-refractivity contribution >= 4 is 11.6 Å². The summed E-state index contributed by atoms with van der Waals surface area (Å²) in [7, 11) is 0. The van der Waals surface area contributed by atoms with Gasteiger partial charge in [0.05, 0.1) is 12.2 Å². The highest BCUT2D eigenvalue weighted by molar-refractivity contribution is 6.30. The molecule has 0 heterocycles. The van der Waals surface area contributed by atoms with Crippen LogP contribution in [0.3, 0.4) is 0 Å². The Bertz CT molecular complexity index is 593. The second kappa shape index (κ2) is 5.23. The molecular weight excluding hydrogens is 277 g/mol. The van der Waals surface area contributed by atoms with Crippen molar-refractivity contribution in [1.29, 1.82) is 0 Å². The molecule has 0 aromatic heterocycles. The van der Waals surface area contributed by atoms with E-state index in [4.69, 9.17) is 16.7 Å². The van der Waals surface area contributed by atoms with Crippen LogP contribution in [-0.2, 0) is 12.8 Å². The number of aliphatic hydroxyl groups is 1. The van der Waals surface area contributed by atoms with E-state index in [2.05, 4.69) is 0 Å². The molecule has 0 saturated carbocycles. The highest BCUT2D eigenvalue weighted by atomic mass is 35.5. The number of rotatable bonds is 2. The van der Waals surface area contributed by atoms with Crippen molar-refractivity contribution in [2.45, 2.75) is 12.8 Å². The maximum atomic E-state index is 13.0. The largest absolute Gasteiger partial charge is 0.417 e. The molecule has 1 N–H and O–H groups in total. The van der Waals surface area contributed by atoms with E-state index < -0.39 is 18.3 Å². The van der Waals surface area contributed by atoms with Gasteiger partial charge in [0.2, 0.25) is 0 Å². The fourth-order valence-electron chi connectivity index (χ4n) is 1.83. The summed E-state index contributed by atoms with van der Waals surface area (Å²) < 4.78 is 39.1. The number of aliphatic hydroxyl groups excluding tert-OH is 1. The molecule has 0 amide bonds. The van der Waals surface area contributed by atoms with E-state index in [0.29, 0.717) is 10.6 Å².